The van der Waals surface area contributed by atoms with E-state index in [0.717, 1.165) is 24.4 Å². The molecular formula is C25H36N2O2. The number of rotatable bonds is 9. The maximum absolute atomic E-state index is 12.4. The first kappa shape index (κ1) is 23.0. The topological polar surface area (TPSA) is 41.6 Å². The van der Waals surface area contributed by atoms with Gasteiger partial charge in [0.15, 0.2) is 6.61 Å². The smallest absolute Gasteiger partial charge is 0.258 e. The van der Waals surface area contributed by atoms with E-state index in [0.29, 0.717) is 6.54 Å². The minimum absolute atomic E-state index is 0.0252. The van der Waals surface area contributed by atoms with Crippen LogP contribution in [0.15, 0.2) is 48.5 Å². The Kier molecular flexibility index (Phi) is 8.27. The van der Waals surface area contributed by atoms with E-state index in [9.17, 15) is 4.79 Å². The van der Waals surface area contributed by atoms with Gasteiger partial charge >= 0.3 is 0 Å². The van der Waals surface area contributed by atoms with Crippen molar-refractivity contribution in [2.24, 2.45) is 0 Å². The molecule has 0 unspecified atom stereocenters. The number of likely N-dealkylation sites (N-methyl/N-ethyl adjacent to an activating group) is 1. The Labute approximate surface area is 176 Å². The van der Waals surface area contributed by atoms with Crippen LogP contribution in [0.4, 0.5) is 0 Å². The first-order valence-electron chi connectivity index (χ1n) is 10.5. The van der Waals surface area contributed by atoms with Crippen molar-refractivity contribution in [1.29, 1.82) is 0 Å². The lowest BCUT2D eigenvalue weighted by atomic mass is 9.86. The van der Waals surface area contributed by atoms with Crippen molar-refractivity contribution in [2.45, 2.75) is 53.0 Å². The highest BCUT2D eigenvalue weighted by Gasteiger charge is 2.20. The van der Waals surface area contributed by atoms with E-state index < -0.39 is 0 Å². The van der Waals surface area contributed by atoms with Crippen LogP contribution in [0.25, 0.3) is 0 Å². The van der Waals surface area contributed by atoms with Gasteiger partial charge in [-0.1, -0.05) is 71.0 Å². The maximum atomic E-state index is 12.4. The number of benzene rings is 2. The number of hydrogen-bond donors (Lipinski definition) is 1. The van der Waals surface area contributed by atoms with Crippen molar-refractivity contribution in [3.8, 4) is 5.75 Å². The Balaban J connectivity index is 2.02. The molecule has 0 aromatic heterocycles. The van der Waals surface area contributed by atoms with Gasteiger partial charge in [0.25, 0.3) is 5.91 Å². The summed E-state index contributed by atoms with van der Waals surface area (Å²) < 4.78 is 5.63. The van der Waals surface area contributed by atoms with Gasteiger partial charge in [0.2, 0.25) is 0 Å². The molecule has 1 amide bonds. The Morgan fingerprint density at radius 2 is 1.72 bits per heavy atom. The molecule has 0 saturated heterocycles. The third kappa shape index (κ3) is 6.90. The summed E-state index contributed by atoms with van der Waals surface area (Å²) in [7, 11) is 0. The number of aryl methyl sites for hydroxylation is 1. The van der Waals surface area contributed by atoms with Gasteiger partial charge in [-0.3, -0.25) is 9.69 Å². The van der Waals surface area contributed by atoms with Gasteiger partial charge in [0.05, 0.1) is 6.04 Å². The molecule has 0 aliphatic carbocycles. The molecule has 0 bridgehead atoms. The van der Waals surface area contributed by atoms with Gasteiger partial charge in [-0.15, -0.1) is 0 Å². The predicted molar refractivity (Wildman–Crippen MR) is 120 cm³/mol. The molecule has 0 aliphatic heterocycles. The van der Waals surface area contributed by atoms with Crippen molar-refractivity contribution in [3.63, 3.8) is 0 Å². The average molecular weight is 397 g/mol. The molecule has 0 aliphatic rings. The monoisotopic (exact) mass is 396 g/mol. The van der Waals surface area contributed by atoms with E-state index in [1.807, 2.05) is 31.2 Å². The molecule has 2 aromatic rings. The van der Waals surface area contributed by atoms with Crippen LogP contribution in [0.5, 0.6) is 5.75 Å². The molecular weight excluding hydrogens is 360 g/mol. The molecule has 1 N–H and O–H groups in total. The molecule has 158 valence electrons. The Hall–Kier alpha value is -2.33. The third-order valence-electron chi connectivity index (χ3n) is 5.27. The molecule has 2 aromatic carbocycles. The SMILES string of the molecule is CCN(CC)[C@H](CNC(=O)COc1cccc(C)c1)c1ccc(C(C)(C)C)cc1. The van der Waals surface area contributed by atoms with Crippen molar-refractivity contribution in [1.82, 2.24) is 10.2 Å². The van der Waals surface area contributed by atoms with Crippen molar-refractivity contribution in [3.05, 3.63) is 65.2 Å². The van der Waals surface area contributed by atoms with Gasteiger partial charge in [0, 0.05) is 6.54 Å². The molecule has 4 nitrogen and oxygen atoms in total. The zero-order valence-corrected chi connectivity index (χ0v) is 18.8. The fraction of sp³-hybridized carbons (Fsp3) is 0.480. The number of carbonyl (C=O) groups excluding carboxylic acids is 1. The lowest BCUT2D eigenvalue weighted by molar-refractivity contribution is -0.123. The molecule has 0 radical (unpaired) electrons. The summed E-state index contributed by atoms with van der Waals surface area (Å²) in [6.45, 7) is 15.4. The number of ether oxygens (including phenoxy) is 1. The highest BCUT2D eigenvalue weighted by molar-refractivity contribution is 5.77. The van der Waals surface area contributed by atoms with Crippen LogP contribution in [0, 0.1) is 6.92 Å². The average Bonchev–Trinajstić information content (AvgIpc) is 2.69. The van der Waals surface area contributed by atoms with Gasteiger partial charge in [-0.05, 0) is 54.3 Å². The summed E-state index contributed by atoms with van der Waals surface area (Å²) in [6, 6.07) is 16.7. The van der Waals surface area contributed by atoms with Crippen molar-refractivity contribution in [2.75, 3.05) is 26.2 Å². The largest absolute Gasteiger partial charge is 0.484 e. The third-order valence-corrected chi connectivity index (χ3v) is 5.27. The molecule has 2 rings (SSSR count). The fourth-order valence-electron chi connectivity index (χ4n) is 3.44. The minimum Gasteiger partial charge on any atom is -0.484 e. The van der Waals surface area contributed by atoms with Crippen LogP contribution >= 0.6 is 0 Å². The first-order chi connectivity index (χ1) is 13.7. The number of amides is 1. The van der Waals surface area contributed by atoms with Crippen LogP contribution in [0.3, 0.4) is 0 Å². The van der Waals surface area contributed by atoms with Crippen LogP contribution in [-0.2, 0) is 10.2 Å². The quantitative estimate of drug-likeness (QED) is 0.657. The second-order valence-corrected chi connectivity index (χ2v) is 8.52. The lowest BCUT2D eigenvalue weighted by Crippen LogP contribution is -2.39. The van der Waals surface area contributed by atoms with E-state index in [-0.39, 0.29) is 24.0 Å². The lowest BCUT2D eigenvalue weighted by Gasteiger charge is -2.31. The highest BCUT2D eigenvalue weighted by atomic mass is 16.5. The van der Waals surface area contributed by atoms with E-state index in [1.165, 1.54) is 11.1 Å². The zero-order chi connectivity index (χ0) is 21.4. The number of nitrogens with one attached hydrogen (secondary N) is 1. The fourth-order valence-corrected chi connectivity index (χ4v) is 3.44. The highest BCUT2D eigenvalue weighted by Crippen LogP contribution is 2.26. The Morgan fingerprint density at radius 1 is 1.07 bits per heavy atom. The van der Waals surface area contributed by atoms with E-state index in [4.69, 9.17) is 4.74 Å². The van der Waals surface area contributed by atoms with Crippen LogP contribution in [-0.4, -0.2) is 37.0 Å². The normalized spacial score (nSPS) is 12.7. The molecule has 4 heteroatoms. The summed E-state index contributed by atoms with van der Waals surface area (Å²) in [5.41, 5.74) is 3.78. The summed E-state index contributed by atoms with van der Waals surface area (Å²) >= 11 is 0. The predicted octanol–water partition coefficient (Wildman–Crippen LogP) is 4.87. The number of nitrogens with zero attached hydrogens (tertiary/aromatic N) is 1. The second-order valence-electron chi connectivity index (χ2n) is 8.52. The van der Waals surface area contributed by atoms with E-state index in [2.05, 4.69) is 69.1 Å². The first-order valence-corrected chi connectivity index (χ1v) is 10.5. The minimum atomic E-state index is -0.102. The van der Waals surface area contributed by atoms with Gasteiger partial charge < -0.3 is 10.1 Å². The molecule has 0 spiro atoms. The van der Waals surface area contributed by atoms with Crippen LogP contribution in [0.2, 0.25) is 0 Å². The molecule has 1 atom stereocenters. The maximum Gasteiger partial charge on any atom is 0.258 e. The van der Waals surface area contributed by atoms with Gasteiger partial charge in [-0.25, -0.2) is 0 Å². The Morgan fingerprint density at radius 3 is 2.28 bits per heavy atom. The summed E-state index contributed by atoms with van der Waals surface area (Å²) in [6.07, 6.45) is 0. The van der Waals surface area contributed by atoms with Crippen LogP contribution in [0.1, 0.15) is 57.4 Å². The molecule has 0 saturated carbocycles. The number of hydrogen-bond acceptors (Lipinski definition) is 3. The summed E-state index contributed by atoms with van der Waals surface area (Å²) in [4.78, 5) is 14.7. The molecule has 0 heterocycles. The van der Waals surface area contributed by atoms with Crippen LogP contribution < -0.4 is 10.1 Å². The zero-order valence-electron chi connectivity index (χ0n) is 18.8. The second kappa shape index (κ2) is 10.4. The van der Waals surface area contributed by atoms with Crippen molar-refractivity contribution < 1.29 is 9.53 Å². The van der Waals surface area contributed by atoms with E-state index in [1.54, 1.807) is 0 Å². The molecule has 0 fully saturated rings. The summed E-state index contributed by atoms with van der Waals surface area (Å²) in [5, 5.41) is 3.05. The number of carbonyl (C=O) groups is 1. The summed E-state index contributed by atoms with van der Waals surface area (Å²) in [5.74, 6) is 0.619. The molecule has 29 heavy (non-hydrogen) atoms. The van der Waals surface area contributed by atoms with Gasteiger partial charge in [-0.2, -0.15) is 0 Å². The van der Waals surface area contributed by atoms with Gasteiger partial charge in [0.1, 0.15) is 5.75 Å². The van der Waals surface area contributed by atoms with E-state index >= 15 is 0 Å². The Bertz CT molecular complexity index is 774. The van der Waals surface area contributed by atoms with Crippen molar-refractivity contribution >= 4 is 5.91 Å². The standard InChI is InChI=1S/C25H36N2O2/c1-7-27(8-2)23(20-12-14-21(15-13-20)25(4,5)6)17-26-24(28)18-29-22-11-9-10-19(3)16-22/h9-16,23H,7-8,17-18H2,1-6H3,(H,26,28)/t23-/m1/s1.